The van der Waals surface area contributed by atoms with E-state index in [2.05, 4.69) is 5.32 Å². The van der Waals surface area contributed by atoms with Gasteiger partial charge < -0.3 is 5.32 Å². The number of unbranched alkanes of at least 4 members (excludes halogenated alkanes) is 1. The Hall–Kier alpha value is -0.0900. The molecule has 2 atom stereocenters. The van der Waals surface area contributed by atoms with E-state index in [0.29, 0.717) is 5.75 Å². The summed E-state index contributed by atoms with van der Waals surface area (Å²) >= 11 is 0. The van der Waals surface area contributed by atoms with Crippen molar-refractivity contribution in [3.63, 3.8) is 0 Å². The van der Waals surface area contributed by atoms with E-state index in [4.69, 9.17) is 0 Å². The van der Waals surface area contributed by atoms with Crippen molar-refractivity contribution < 1.29 is 8.42 Å². The summed E-state index contributed by atoms with van der Waals surface area (Å²) in [5.74, 6) is 0.367. The van der Waals surface area contributed by atoms with Crippen LogP contribution in [0, 0.1) is 0 Å². The van der Waals surface area contributed by atoms with Crippen LogP contribution in [0.2, 0.25) is 0 Å². The first-order valence-electron chi connectivity index (χ1n) is 5.50. The fourth-order valence-electron chi connectivity index (χ4n) is 2.18. The lowest BCUT2D eigenvalue weighted by Crippen LogP contribution is -2.39. The summed E-state index contributed by atoms with van der Waals surface area (Å²) in [6, 6.07) is 0.192. The van der Waals surface area contributed by atoms with Crippen molar-refractivity contribution in [1.29, 1.82) is 0 Å². The lowest BCUT2D eigenvalue weighted by atomic mass is 10.2. The molecule has 2 unspecified atom stereocenters. The molecule has 1 aliphatic rings. The third-order valence-electron chi connectivity index (χ3n) is 3.07. The number of rotatable bonds is 5. The SMILES string of the molecule is CCCCS(=O)(=O)C1CCCC1NC. The van der Waals surface area contributed by atoms with E-state index in [-0.39, 0.29) is 11.3 Å². The van der Waals surface area contributed by atoms with Gasteiger partial charge in [-0.15, -0.1) is 0 Å². The van der Waals surface area contributed by atoms with Crippen molar-refractivity contribution >= 4 is 9.84 Å². The summed E-state index contributed by atoms with van der Waals surface area (Å²) in [5, 5.41) is 2.99. The standard InChI is InChI=1S/C10H21NO2S/c1-3-4-8-14(12,13)10-7-5-6-9(10)11-2/h9-11H,3-8H2,1-2H3. The second-order valence-electron chi connectivity index (χ2n) is 4.09. The second-order valence-corrected chi connectivity index (χ2v) is 6.42. The van der Waals surface area contributed by atoms with Crippen molar-refractivity contribution in [2.45, 2.75) is 50.3 Å². The lowest BCUT2D eigenvalue weighted by Gasteiger charge is -2.19. The van der Waals surface area contributed by atoms with Crippen LogP contribution in [-0.4, -0.2) is 32.5 Å². The van der Waals surface area contributed by atoms with Crippen LogP contribution in [0.3, 0.4) is 0 Å². The van der Waals surface area contributed by atoms with E-state index >= 15 is 0 Å². The molecular weight excluding hydrogens is 198 g/mol. The van der Waals surface area contributed by atoms with Gasteiger partial charge >= 0.3 is 0 Å². The molecule has 1 saturated carbocycles. The average molecular weight is 219 g/mol. The molecule has 84 valence electrons. The number of hydrogen-bond acceptors (Lipinski definition) is 3. The van der Waals surface area contributed by atoms with E-state index in [1.54, 1.807) is 0 Å². The minimum Gasteiger partial charge on any atom is -0.316 e. The minimum absolute atomic E-state index is 0.126. The molecule has 0 bridgehead atoms. The van der Waals surface area contributed by atoms with Gasteiger partial charge in [0.15, 0.2) is 9.84 Å². The van der Waals surface area contributed by atoms with E-state index in [1.807, 2.05) is 14.0 Å². The molecule has 0 amide bonds. The van der Waals surface area contributed by atoms with E-state index in [0.717, 1.165) is 32.1 Å². The maximum absolute atomic E-state index is 11.9. The zero-order valence-corrected chi connectivity index (χ0v) is 9.94. The van der Waals surface area contributed by atoms with Gasteiger partial charge in [-0.1, -0.05) is 19.8 Å². The predicted molar refractivity (Wildman–Crippen MR) is 59.2 cm³/mol. The topological polar surface area (TPSA) is 46.2 Å². The van der Waals surface area contributed by atoms with Crippen LogP contribution in [0.4, 0.5) is 0 Å². The molecule has 0 aromatic carbocycles. The highest BCUT2D eigenvalue weighted by Crippen LogP contribution is 2.26. The van der Waals surface area contributed by atoms with Crippen LogP contribution in [0.15, 0.2) is 0 Å². The predicted octanol–water partition coefficient (Wildman–Crippen LogP) is 1.34. The highest BCUT2D eigenvalue weighted by Gasteiger charge is 2.35. The van der Waals surface area contributed by atoms with Gasteiger partial charge in [0.25, 0.3) is 0 Å². The fourth-order valence-corrected chi connectivity index (χ4v) is 4.48. The molecule has 0 heterocycles. The molecule has 1 aliphatic carbocycles. The summed E-state index contributed by atoms with van der Waals surface area (Å²) in [7, 11) is -0.986. The first kappa shape index (κ1) is 12.0. The van der Waals surface area contributed by atoms with E-state index in [9.17, 15) is 8.42 Å². The largest absolute Gasteiger partial charge is 0.316 e. The van der Waals surface area contributed by atoms with Gasteiger partial charge in [0.1, 0.15) is 0 Å². The number of nitrogens with one attached hydrogen (secondary N) is 1. The van der Waals surface area contributed by atoms with E-state index < -0.39 is 9.84 Å². The van der Waals surface area contributed by atoms with Crippen LogP contribution in [0.25, 0.3) is 0 Å². The van der Waals surface area contributed by atoms with Crippen LogP contribution < -0.4 is 5.32 Å². The van der Waals surface area contributed by atoms with Gasteiger partial charge in [0.2, 0.25) is 0 Å². The molecule has 0 aromatic rings. The molecule has 1 rings (SSSR count). The van der Waals surface area contributed by atoms with Gasteiger partial charge in [-0.3, -0.25) is 0 Å². The number of sulfone groups is 1. The maximum atomic E-state index is 11.9. The maximum Gasteiger partial charge on any atom is 0.154 e. The van der Waals surface area contributed by atoms with Crippen LogP contribution in [-0.2, 0) is 9.84 Å². The van der Waals surface area contributed by atoms with Crippen molar-refractivity contribution in [3.8, 4) is 0 Å². The molecule has 3 nitrogen and oxygen atoms in total. The summed E-state index contributed by atoms with van der Waals surface area (Å²) < 4.78 is 23.8. The van der Waals surface area contributed by atoms with Gasteiger partial charge in [-0.05, 0) is 26.3 Å². The fraction of sp³-hybridized carbons (Fsp3) is 1.00. The Morgan fingerprint density at radius 1 is 1.36 bits per heavy atom. The molecule has 0 aromatic heterocycles. The third-order valence-corrected chi connectivity index (χ3v) is 5.41. The van der Waals surface area contributed by atoms with E-state index in [1.165, 1.54) is 0 Å². The third kappa shape index (κ3) is 2.70. The zero-order chi connectivity index (χ0) is 10.6. The molecule has 4 heteroatoms. The molecular formula is C10H21NO2S. The summed E-state index contributed by atoms with van der Waals surface area (Å²) in [5.41, 5.74) is 0. The Kier molecular flexibility index (Phi) is 4.38. The second kappa shape index (κ2) is 5.12. The van der Waals surface area contributed by atoms with Crippen LogP contribution >= 0.6 is 0 Å². The zero-order valence-electron chi connectivity index (χ0n) is 9.12. The molecule has 0 aliphatic heterocycles. The number of hydrogen-bond donors (Lipinski definition) is 1. The molecule has 0 radical (unpaired) electrons. The van der Waals surface area contributed by atoms with Crippen molar-refractivity contribution in [2.24, 2.45) is 0 Å². The summed E-state index contributed by atoms with van der Waals surface area (Å²) in [6.45, 7) is 2.03. The lowest BCUT2D eigenvalue weighted by molar-refractivity contribution is 0.536. The quantitative estimate of drug-likeness (QED) is 0.759. The van der Waals surface area contributed by atoms with Gasteiger partial charge in [0, 0.05) is 6.04 Å². The van der Waals surface area contributed by atoms with Gasteiger partial charge in [-0.2, -0.15) is 0 Å². The minimum atomic E-state index is -2.85. The highest BCUT2D eigenvalue weighted by molar-refractivity contribution is 7.92. The summed E-state index contributed by atoms with van der Waals surface area (Å²) in [6.07, 6.45) is 4.65. The first-order valence-corrected chi connectivity index (χ1v) is 7.22. The van der Waals surface area contributed by atoms with Gasteiger partial charge in [0.05, 0.1) is 11.0 Å². The normalized spacial score (nSPS) is 28.1. The Labute approximate surface area is 87.2 Å². The molecule has 0 spiro atoms. The smallest absolute Gasteiger partial charge is 0.154 e. The molecule has 14 heavy (non-hydrogen) atoms. The summed E-state index contributed by atoms with van der Waals surface area (Å²) in [4.78, 5) is 0. The first-order chi connectivity index (χ1) is 6.61. The average Bonchev–Trinajstić information content (AvgIpc) is 2.63. The molecule has 1 fully saturated rings. The van der Waals surface area contributed by atoms with Crippen molar-refractivity contribution in [2.75, 3.05) is 12.8 Å². The highest BCUT2D eigenvalue weighted by atomic mass is 32.2. The Balaban J connectivity index is 2.61. The van der Waals surface area contributed by atoms with Crippen LogP contribution in [0.1, 0.15) is 39.0 Å². The van der Waals surface area contributed by atoms with Crippen molar-refractivity contribution in [1.82, 2.24) is 5.32 Å². The Morgan fingerprint density at radius 2 is 2.07 bits per heavy atom. The van der Waals surface area contributed by atoms with Gasteiger partial charge in [-0.25, -0.2) is 8.42 Å². The monoisotopic (exact) mass is 219 g/mol. The molecule has 0 saturated heterocycles. The Morgan fingerprint density at radius 3 is 2.64 bits per heavy atom. The molecule has 1 N–H and O–H groups in total. The van der Waals surface area contributed by atoms with Crippen molar-refractivity contribution in [3.05, 3.63) is 0 Å². The Bertz CT molecular complexity index is 261. The van der Waals surface area contributed by atoms with Crippen LogP contribution in [0.5, 0.6) is 0 Å².